The number of carboxylic acid groups (broad SMARTS) is 1. The highest BCUT2D eigenvalue weighted by Crippen LogP contribution is 2.28. The average molecular weight is 268 g/mol. The van der Waals surface area contributed by atoms with Crippen LogP contribution in [-0.2, 0) is 4.79 Å². The van der Waals surface area contributed by atoms with E-state index in [0.717, 1.165) is 18.4 Å². The van der Waals surface area contributed by atoms with Gasteiger partial charge >= 0.3 is 5.97 Å². The zero-order valence-electron chi connectivity index (χ0n) is 10.0. The van der Waals surface area contributed by atoms with Crippen molar-refractivity contribution in [2.24, 2.45) is 0 Å². The molecule has 1 N–H and O–H groups in total. The molecule has 0 unspecified atom stereocenters. The summed E-state index contributed by atoms with van der Waals surface area (Å²) >= 11 is 5.91. The number of amides is 1. The van der Waals surface area contributed by atoms with Crippen molar-refractivity contribution in [3.63, 3.8) is 0 Å². The Morgan fingerprint density at radius 2 is 2.06 bits per heavy atom. The van der Waals surface area contributed by atoms with Gasteiger partial charge in [0.2, 0.25) is 0 Å². The van der Waals surface area contributed by atoms with E-state index in [2.05, 4.69) is 0 Å². The van der Waals surface area contributed by atoms with Crippen molar-refractivity contribution in [1.82, 2.24) is 4.90 Å². The maximum atomic E-state index is 12.3. The monoisotopic (exact) mass is 267 g/mol. The van der Waals surface area contributed by atoms with E-state index in [0.29, 0.717) is 10.6 Å². The molecule has 96 valence electrons. The highest BCUT2D eigenvalue weighted by atomic mass is 35.5. The number of hydrogen-bond acceptors (Lipinski definition) is 2. The molecule has 0 radical (unpaired) electrons. The van der Waals surface area contributed by atoms with Gasteiger partial charge in [0.1, 0.15) is 6.54 Å². The lowest BCUT2D eigenvalue weighted by atomic mass is 10.1. The number of aryl methyl sites for hydroxylation is 1. The molecule has 1 saturated carbocycles. The van der Waals surface area contributed by atoms with Gasteiger partial charge in [-0.25, -0.2) is 0 Å². The van der Waals surface area contributed by atoms with Gasteiger partial charge in [0.25, 0.3) is 5.91 Å². The van der Waals surface area contributed by atoms with Crippen LogP contribution in [0.4, 0.5) is 0 Å². The van der Waals surface area contributed by atoms with Crippen LogP contribution in [0.2, 0.25) is 5.02 Å². The Morgan fingerprint density at radius 3 is 2.56 bits per heavy atom. The summed E-state index contributed by atoms with van der Waals surface area (Å²) in [5, 5.41) is 9.34. The second-order valence-electron chi connectivity index (χ2n) is 4.58. The third kappa shape index (κ3) is 3.01. The fraction of sp³-hybridized carbons (Fsp3) is 0.385. The first-order valence-corrected chi connectivity index (χ1v) is 6.15. The van der Waals surface area contributed by atoms with Crippen LogP contribution in [0.25, 0.3) is 0 Å². The number of carbonyl (C=O) groups is 2. The Hall–Kier alpha value is -1.55. The Balaban J connectivity index is 2.24. The summed E-state index contributed by atoms with van der Waals surface area (Å²) < 4.78 is 0. The quantitative estimate of drug-likeness (QED) is 0.911. The number of hydrogen-bond donors (Lipinski definition) is 1. The SMILES string of the molecule is Cc1cc(Cl)cc(C(=O)N(CC(=O)O)C2CC2)c1. The predicted octanol–water partition coefficient (Wildman–Crippen LogP) is 2.34. The van der Waals surface area contributed by atoms with Crippen LogP contribution in [0, 0.1) is 6.92 Å². The number of rotatable bonds is 4. The first-order chi connectivity index (χ1) is 8.47. The minimum atomic E-state index is -0.992. The molecule has 1 aliphatic rings. The van der Waals surface area contributed by atoms with Crippen LogP contribution in [0.5, 0.6) is 0 Å². The van der Waals surface area contributed by atoms with Crippen LogP contribution in [0.3, 0.4) is 0 Å². The number of benzene rings is 1. The van der Waals surface area contributed by atoms with Crippen LogP contribution >= 0.6 is 11.6 Å². The molecule has 2 rings (SSSR count). The van der Waals surface area contributed by atoms with Crippen molar-refractivity contribution in [3.05, 3.63) is 34.3 Å². The molecule has 4 nitrogen and oxygen atoms in total. The fourth-order valence-electron chi connectivity index (χ4n) is 1.92. The van der Waals surface area contributed by atoms with Crippen molar-refractivity contribution in [1.29, 1.82) is 0 Å². The molecule has 1 aromatic rings. The van der Waals surface area contributed by atoms with Gasteiger partial charge in [-0.15, -0.1) is 0 Å². The first kappa shape index (κ1) is 12.9. The summed E-state index contributed by atoms with van der Waals surface area (Å²) in [6, 6.07) is 5.13. The largest absolute Gasteiger partial charge is 0.480 e. The van der Waals surface area contributed by atoms with E-state index in [1.54, 1.807) is 18.2 Å². The summed E-state index contributed by atoms with van der Waals surface area (Å²) in [5.74, 6) is -1.25. The van der Waals surface area contributed by atoms with Crippen molar-refractivity contribution in [2.45, 2.75) is 25.8 Å². The molecule has 1 fully saturated rings. The third-order valence-electron chi connectivity index (χ3n) is 2.84. The lowest BCUT2D eigenvalue weighted by Gasteiger charge is -2.20. The van der Waals surface area contributed by atoms with Crippen LogP contribution in [-0.4, -0.2) is 34.5 Å². The first-order valence-electron chi connectivity index (χ1n) is 5.77. The Morgan fingerprint density at radius 1 is 1.39 bits per heavy atom. The van der Waals surface area contributed by atoms with Gasteiger partial charge in [-0.3, -0.25) is 9.59 Å². The van der Waals surface area contributed by atoms with Crippen molar-refractivity contribution < 1.29 is 14.7 Å². The standard InChI is InChI=1S/C13H14ClNO3/c1-8-4-9(6-10(14)5-8)13(18)15(7-12(16)17)11-2-3-11/h4-6,11H,2-3,7H2,1H3,(H,16,17). The van der Waals surface area contributed by atoms with E-state index in [-0.39, 0.29) is 18.5 Å². The number of carboxylic acids is 1. The zero-order chi connectivity index (χ0) is 13.3. The third-order valence-corrected chi connectivity index (χ3v) is 3.06. The summed E-state index contributed by atoms with van der Waals surface area (Å²) in [4.78, 5) is 24.5. The second kappa shape index (κ2) is 4.98. The minimum Gasteiger partial charge on any atom is -0.480 e. The summed E-state index contributed by atoms with van der Waals surface area (Å²) in [6.45, 7) is 1.59. The lowest BCUT2D eigenvalue weighted by Crippen LogP contribution is -2.37. The van der Waals surface area contributed by atoms with E-state index in [9.17, 15) is 9.59 Å². The molecule has 0 heterocycles. The van der Waals surface area contributed by atoms with Crippen molar-refractivity contribution >= 4 is 23.5 Å². The van der Waals surface area contributed by atoms with Crippen LogP contribution < -0.4 is 0 Å². The molecule has 0 atom stereocenters. The molecule has 1 aliphatic carbocycles. The van der Waals surface area contributed by atoms with Gasteiger partial charge in [-0.1, -0.05) is 11.6 Å². The highest BCUT2D eigenvalue weighted by Gasteiger charge is 2.34. The molecular formula is C13H14ClNO3. The summed E-state index contributed by atoms with van der Waals surface area (Å²) in [5.41, 5.74) is 1.34. The van der Waals surface area contributed by atoms with Gasteiger partial charge in [0.15, 0.2) is 0 Å². The maximum absolute atomic E-state index is 12.3. The van der Waals surface area contributed by atoms with Crippen molar-refractivity contribution in [2.75, 3.05) is 6.54 Å². The smallest absolute Gasteiger partial charge is 0.323 e. The second-order valence-corrected chi connectivity index (χ2v) is 5.01. The number of aliphatic carboxylic acids is 1. The number of carbonyl (C=O) groups excluding carboxylic acids is 1. The topological polar surface area (TPSA) is 57.6 Å². The number of halogens is 1. The zero-order valence-corrected chi connectivity index (χ0v) is 10.8. The Labute approximate surface area is 110 Å². The lowest BCUT2D eigenvalue weighted by molar-refractivity contribution is -0.137. The molecule has 1 aromatic carbocycles. The van der Waals surface area contributed by atoms with Gasteiger partial charge in [-0.2, -0.15) is 0 Å². The van der Waals surface area contributed by atoms with E-state index in [4.69, 9.17) is 16.7 Å². The van der Waals surface area contributed by atoms with E-state index >= 15 is 0 Å². The summed E-state index contributed by atoms with van der Waals surface area (Å²) in [6.07, 6.45) is 1.75. The van der Waals surface area contributed by atoms with Crippen LogP contribution in [0.1, 0.15) is 28.8 Å². The fourth-order valence-corrected chi connectivity index (χ4v) is 2.21. The highest BCUT2D eigenvalue weighted by molar-refractivity contribution is 6.31. The molecule has 0 aromatic heterocycles. The normalized spacial score (nSPS) is 14.3. The minimum absolute atomic E-state index is 0.0629. The molecular weight excluding hydrogens is 254 g/mol. The van der Waals surface area contributed by atoms with Gasteiger partial charge in [0, 0.05) is 16.6 Å². The predicted molar refractivity (Wildman–Crippen MR) is 67.9 cm³/mol. The van der Waals surface area contributed by atoms with E-state index in [1.807, 2.05) is 6.92 Å². The average Bonchev–Trinajstić information content (AvgIpc) is 3.07. The van der Waals surface area contributed by atoms with Gasteiger partial charge in [0.05, 0.1) is 0 Å². The van der Waals surface area contributed by atoms with Gasteiger partial charge < -0.3 is 10.0 Å². The molecule has 0 spiro atoms. The molecule has 0 saturated heterocycles. The van der Waals surface area contributed by atoms with Crippen LogP contribution in [0.15, 0.2) is 18.2 Å². The number of nitrogens with zero attached hydrogens (tertiary/aromatic N) is 1. The molecule has 1 amide bonds. The van der Waals surface area contributed by atoms with E-state index in [1.165, 1.54) is 4.90 Å². The molecule has 0 aliphatic heterocycles. The van der Waals surface area contributed by atoms with Crippen molar-refractivity contribution in [3.8, 4) is 0 Å². The molecule has 0 bridgehead atoms. The summed E-state index contributed by atoms with van der Waals surface area (Å²) in [7, 11) is 0. The van der Waals surface area contributed by atoms with Gasteiger partial charge in [-0.05, 0) is 43.5 Å². The Bertz CT molecular complexity index is 477. The Kier molecular flexibility index (Phi) is 3.57. The van der Waals surface area contributed by atoms with E-state index < -0.39 is 5.97 Å². The molecule has 5 heteroatoms. The molecule has 18 heavy (non-hydrogen) atoms. The maximum Gasteiger partial charge on any atom is 0.323 e.